The van der Waals surface area contributed by atoms with E-state index in [1.807, 2.05) is 43.3 Å². The smallest absolute Gasteiger partial charge is 0.168 e. The minimum Gasteiger partial charge on any atom is -0.366 e. The van der Waals surface area contributed by atoms with E-state index in [1.165, 1.54) is 5.56 Å². The predicted molar refractivity (Wildman–Crippen MR) is 69.3 cm³/mol. The van der Waals surface area contributed by atoms with Crippen molar-refractivity contribution in [2.24, 2.45) is 0 Å². The number of benzene rings is 1. The number of hydrogen-bond donors (Lipinski definition) is 1. The van der Waals surface area contributed by atoms with E-state index in [0.29, 0.717) is 0 Å². The minimum atomic E-state index is 0.238. The van der Waals surface area contributed by atoms with Crippen molar-refractivity contribution in [2.45, 2.75) is 13.0 Å². The van der Waals surface area contributed by atoms with Gasteiger partial charge in [-0.1, -0.05) is 23.7 Å². The van der Waals surface area contributed by atoms with Crippen molar-refractivity contribution in [3.05, 3.63) is 34.9 Å². The number of rotatable bonds is 2. The highest BCUT2D eigenvalue weighted by molar-refractivity contribution is 7.80. The maximum absolute atomic E-state index is 5.83. The van der Waals surface area contributed by atoms with Gasteiger partial charge in [0.2, 0.25) is 0 Å². The topological polar surface area (TPSA) is 15.3 Å². The van der Waals surface area contributed by atoms with E-state index < -0.39 is 0 Å². The molecule has 0 bridgehead atoms. The summed E-state index contributed by atoms with van der Waals surface area (Å²) >= 11 is 11.0. The molecule has 1 aromatic rings. The van der Waals surface area contributed by atoms with Crippen LogP contribution in [0.2, 0.25) is 5.02 Å². The maximum atomic E-state index is 5.83. The molecule has 0 aliphatic heterocycles. The van der Waals surface area contributed by atoms with Crippen LogP contribution in [-0.4, -0.2) is 24.1 Å². The van der Waals surface area contributed by atoms with Crippen molar-refractivity contribution in [2.75, 3.05) is 14.1 Å². The number of halogens is 1. The Kier molecular flexibility index (Phi) is 4.36. The van der Waals surface area contributed by atoms with Crippen molar-refractivity contribution < 1.29 is 0 Å². The van der Waals surface area contributed by atoms with E-state index in [1.54, 1.807) is 0 Å². The first-order valence-electron chi connectivity index (χ1n) is 4.76. The zero-order chi connectivity index (χ0) is 11.4. The van der Waals surface area contributed by atoms with Gasteiger partial charge in [-0.25, -0.2) is 0 Å². The molecule has 1 atom stereocenters. The largest absolute Gasteiger partial charge is 0.366 e. The first-order chi connectivity index (χ1) is 7.06. The summed E-state index contributed by atoms with van der Waals surface area (Å²) in [6, 6.07) is 8.05. The number of hydrogen-bond acceptors (Lipinski definition) is 1. The molecular weight excluding hydrogens is 228 g/mol. The predicted octanol–water partition coefficient (Wildman–Crippen LogP) is 2.84. The SMILES string of the molecule is CNC(=S)N(C)C(C)c1ccc(Cl)cc1. The average molecular weight is 243 g/mol. The fraction of sp³-hybridized carbons (Fsp3) is 0.364. The van der Waals surface area contributed by atoms with Gasteiger partial charge in [-0.15, -0.1) is 0 Å². The summed E-state index contributed by atoms with van der Waals surface area (Å²) in [7, 11) is 3.80. The highest BCUT2D eigenvalue weighted by Gasteiger charge is 2.12. The minimum absolute atomic E-state index is 0.238. The quantitative estimate of drug-likeness (QED) is 0.803. The first kappa shape index (κ1) is 12.3. The van der Waals surface area contributed by atoms with Gasteiger partial charge in [0.15, 0.2) is 5.11 Å². The molecule has 0 amide bonds. The summed E-state index contributed by atoms with van der Waals surface area (Å²) < 4.78 is 0. The second kappa shape index (κ2) is 5.33. The molecule has 15 heavy (non-hydrogen) atoms. The zero-order valence-corrected chi connectivity index (χ0v) is 10.7. The Balaban J connectivity index is 2.80. The molecule has 0 saturated carbocycles. The van der Waals surface area contributed by atoms with E-state index >= 15 is 0 Å². The lowest BCUT2D eigenvalue weighted by atomic mass is 10.1. The molecule has 4 heteroatoms. The van der Waals surface area contributed by atoms with E-state index in [0.717, 1.165) is 10.1 Å². The Hall–Kier alpha value is -0.800. The molecule has 2 nitrogen and oxygen atoms in total. The normalized spacial score (nSPS) is 12.0. The van der Waals surface area contributed by atoms with Crippen LogP contribution < -0.4 is 5.32 Å². The molecule has 1 N–H and O–H groups in total. The summed E-state index contributed by atoms with van der Waals surface area (Å²) in [5, 5.41) is 4.45. The molecule has 1 rings (SSSR count). The standard InChI is InChI=1S/C11H15ClN2S/c1-8(14(3)11(15)13-2)9-4-6-10(12)7-5-9/h4-8H,1-3H3,(H,13,15). The lowest BCUT2D eigenvalue weighted by Gasteiger charge is -2.27. The molecule has 0 aromatic heterocycles. The first-order valence-corrected chi connectivity index (χ1v) is 5.55. The van der Waals surface area contributed by atoms with E-state index in [-0.39, 0.29) is 6.04 Å². The molecule has 0 aliphatic rings. The molecule has 0 spiro atoms. The van der Waals surface area contributed by atoms with Crippen molar-refractivity contribution in [1.82, 2.24) is 10.2 Å². The number of nitrogens with zero attached hydrogens (tertiary/aromatic N) is 1. The van der Waals surface area contributed by atoms with Gasteiger partial charge in [-0.3, -0.25) is 0 Å². The van der Waals surface area contributed by atoms with Crippen molar-refractivity contribution in [1.29, 1.82) is 0 Å². The van der Waals surface area contributed by atoms with Crippen LogP contribution >= 0.6 is 23.8 Å². The van der Waals surface area contributed by atoms with Crippen LogP contribution in [0.15, 0.2) is 24.3 Å². The average Bonchev–Trinajstić information content (AvgIpc) is 2.27. The molecule has 0 fully saturated rings. The summed E-state index contributed by atoms with van der Waals surface area (Å²) in [6.07, 6.45) is 0. The molecule has 82 valence electrons. The number of thiocarbonyl (C=S) groups is 1. The molecule has 0 aliphatic carbocycles. The van der Waals surface area contributed by atoms with E-state index in [4.69, 9.17) is 23.8 Å². The molecule has 1 aromatic carbocycles. The van der Waals surface area contributed by atoms with Crippen LogP contribution in [-0.2, 0) is 0 Å². The fourth-order valence-corrected chi connectivity index (χ4v) is 1.60. The third kappa shape index (κ3) is 3.08. The van der Waals surface area contributed by atoms with Crippen LogP contribution in [0, 0.1) is 0 Å². The van der Waals surface area contributed by atoms with Gasteiger partial charge in [0.05, 0.1) is 6.04 Å². The van der Waals surface area contributed by atoms with Gasteiger partial charge in [-0.05, 0) is 36.8 Å². The van der Waals surface area contributed by atoms with Gasteiger partial charge < -0.3 is 10.2 Å². The molecular formula is C11H15ClN2S. The second-order valence-electron chi connectivity index (χ2n) is 3.39. The van der Waals surface area contributed by atoms with Crippen LogP contribution in [0.25, 0.3) is 0 Å². The lowest BCUT2D eigenvalue weighted by molar-refractivity contribution is 0.399. The van der Waals surface area contributed by atoms with Gasteiger partial charge >= 0.3 is 0 Å². The summed E-state index contributed by atoms with van der Waals surface area (Å²) in [6.45, 7) is 2.10. The third-order valence-corrected chi connectivity index (χ3v) is 3.21. The van der Waals surface area contributed by atoms with Gasteiger partial charge in [0.25, 0.3) is 0 Å². The monoisotopic (exact) mass is 242 g/mol. The molecule has 0 heterocycles. The molecule has 0 saturated heterocycles. The van der Waals surface area contributed by atoms with Crippen molar-refractivity contribution >= 4 is 28.9 Å². The van der Waals surface area contributed by atoms with Crippen LogP contribution in [0.3, 0.4) is 0 Å². The van der Waals surface area contributed by atoms with Crippen LogP contribution in [0.5, 0.6) is 0 Å². The third-order valence-electron chi connectivity index (χ3n) is 2.47. The highest BCUT2D eigenvalue weighted by Crippen LogP contribution is 2.20. The Morgan fingerprint density at radius 1 is 1.40 bits per heavy atom. The summed E-state index contributed by atoms with van der Waals surface area (Å²) in [5.41, 5.74) is 1.19. The molecule has 1 unspecified atom stereocenters. The zero-order valence-electron chi connectivity index (χ0n) is 9.12. The second-order valence-corrected chi connectivity index (χ2v) is 4.22. The van der Waals surface area contributed by atoms with Crippen molar-refractivity contribution in [3.63, 3.8) is 0 Å². The summed E-state index contributed by atoms with van der Waals surface area (Å²) in [5.74, 6) is 0. The maximum Gasteiger partial charge on any atom is 0.168 e. The Morgan fingerprint density at radius 2 is 1.93 bits per heavy atom. The summed E-state index contributed by atoms with van der Waals surface area (Å²) in [4.78, 5) is 2.01. The highest BCUT2D eigenvalue weighted by atomic mass is 35.5. The number of nitrogens with one attached hydrogen (secondary N) is 1. The van der Waals surface area contributed by atoms with Crippen molar-refractivity contribution in [3.8, 4) is 0 Å². The van der Waals surface area contributed by atoms with Gasteiger partial charge in [0.1, 0.15) is 0 Å². The van der Waals surface area contributed by atoms with Gasteiger partial charge in [-0.2, -0.15) is 0 Å². The van der Waals surface area contributed by atoms with Crippen LogP contribution in [0.1, 0.15) is 18.5 Å². The lowest BCUT2D eigenvalue weighted by Crippen LogP contribution is -2.36. The van der Waals surface area contributed by atoms with Gasteiger partial charge in [0, 0.05) is 19.1 Å². The van der Waals surface area contributed by atoms with E-state index in [2.05, 4.69) is 12.2 Å². The Labute approximate surface area is 101 Å². The Morgan fingerprint density at radius 3 is 2.40 bits per heavy atom. The van der Waals surface area contributed by atoms with Crippen LogP contribution in [0.4, 0.5) is 0 Å². The Bertz CT molecular complexity index is 337. The fourth-order valence-electron chi connectivity index (χ4n) is 1.32. The van der Waals surface area contributed by atoms with E-state index in [9.17, 15) is 0 Å². The molecule has 0 radical (unpaired) electrons.